The van der Waals surface area contributed by atoms with Gasteiger partial charge in [0.25, 0.3) is 0 Å². The average molecular weight is 407 g/mol. The standard InChI is InChI=1S/C14H13ClO6P2S/c15-11-6-8-12(9-7-11)24-14-22(16,17)20-13(21-23(14,18)19)10-4-2-1-3-5-10/h1-9,13-14H,(H,16,17)(H,18,19). The Morgan fingerprint density at radius 3 is 2.00 bits per heavy atom. The molecule has 0 bridgehead atoms. The molecular formula is C14H13ClO6P2S. The minimum Gasteiger partial charge on any atom is -0.323 e. The normalized spacial score (nSPS) is 33.3. The van der Waals surface area contributed by atoms with Crippen molar-refractivity contribution < 1.29 is 28.0 Å². The zero-order valence-corrected chi connectivity index (χ0v) is 15.4. The molecule has 1 fully saturated rings. The van der Waals surface area contributed by atoms with Crippen molar-refractivity contribution in [2.45, 2.75) is 15.9 Å². The second kappa shape index (κ2) is 6.94. The quantitative estimate of drug-likeness (QED) is 0.705. The van der Waals surface area contributed by atoms with Gasteiger partial charge in [0, 0.05) is 15.5 Å². The third-order valence-electron chi connectivity index (χ3n) is 3.18. The van der Waals surface area contributed by atoms with E-state index in [-0.39, 0.29) is 0 Å². The molecule has 10 heteroatoms. The van der Waals surface area contributed by atoms with E-state index in [0.717, 1.165) is 11.8 Å². The van der Waals surface area contributed by atoms with E-state index in [0.29, 0.717) is 15.5 Å². The van der Waals surface area contributed by atoms with Crippen LogP contribution in [0.4, 0.5) is 0 Å². The van der Waals surface area contributed by atoms with Gasteiger partial charge in [-0.2, -0.15) is 0 Å². The number of hydrogen-bond donors (Lipinski definition) is 2. The van der Waals surface area contributed by atoms with Crippen molar-refractivity contribution in [1.29, 1.82) is 0 Å². The molecule has 0 saturated carbocycles. The van der Waals surface area contributed by atoms with E-state index in [4.69, 9.17) is 20.6 Å². The molecule has 128 valence electrons. The molecule has 0 aliphatic carbocycles. The van der Waals surface area contributed by atoms with Crippen LogP contribution >= 0.6 is 38.6 Å². The van der Waals surface area contributed by atoms with Crippen LogP contribution in [0.25, 0.3) is 0 Å². The lowest BCUT2D eigenvalue weighted by atomic mass is 10.2. The van der Waals surface area contributed by atoms with E-state index in [2.05, 4.69) is 0 Å². The van der Waals surface area contributed by atoms with Gasteiger partial charge in [-0.3, -0.25) is 18.2 Å². The molecule has 2 atom stereocenters. The van der Waals surface area contributed by atoms with Crippen molar-refractivity contribution in [3.63, 3.8) is 0 Å². The molecule has 2 aromatic rings. The molecule has 1 aliphatic heterocycles. The lowest BCUT2D eigenvalue weighted by molar-refractivity contribution is -0.0216. The fourth-order valence-electron chi connectivity index (χ4n) is 2.08. The van der Waals surface area contributed by atoms with E-state index in [1.165, 1.54) is 0 Å². The van der Waals surface area contributed by atoms with Gasteiger partial charge in [0.05, 0.1) is 0 Å². The van der Waals surface area contributed by atoms with Crippen LogP contribution in [0.15, 0.2) is 59.5 Å². The average Bonchev–Trinajstić information content (AvgIpc) is 2.53. The number of rotatable bonds is 3. The molecule has 0 radical (unpaired) electrons. The highest BCUT2D eigenvalue weighted by atomic mass is 35.5. The maximum absolute atomic E-state index is 12.5. The number of halogens is 1. The molecule has 2 unspecified atom stereocenters. The molecule has 0 aromatic heterocycles. The highest BCUT2D eigenvalue weighted by molar-refractivity contribution is 8.12. The van der Waals surface area contributed by atoms with E-state index >= 15 is 0 Å². The molecule has 1 saturated heterocycles. The van der Waals surface area contributed by atoms with Crippen molar-refractivity contribution in [3.05, 3.63) is 65.2 Å². The van der Waals surface area contributed by atoms with Gasteiger partial charge in [0.15, 0.2) is 0 Å². The summed E-state index contributed by atoms with van der Waals surface area (Å²) in [4.78, 5) is 20.9. The molecule has 0 amide bonds. The van der Waals surface area contributed by atoms with Gasteiger partial charge in [-0.1, -0.05) is 53.7 Å². The number of benzene rings is 2. The molecule has 0 spiro atoms. The van der Waals surface area contributed by atoms with Gasteiger partial charge in [-0.15, -0.1) is 0 Å². The molecule has 24 heavy (non-hydrogen) atoms. The second-order valence-corrected chi connectivity index (χ2v) is 11.4. The summed E-state index contributed by atoms with van der Waals surface area (Å²) in [5.74, 6) is 0. The summed E-state index contributed by atoms with van der Waals surface area (Å²) in [6, 6.07) is 14.5. The highest BCUT2D eigenvalue weighted by Gasteiger charge is 2.55. The first-order chi connectivity index (χ1) is 11.3. The molecule has 6 nitrogen and oxygen atoms in total. The lowest BCUT2D eigenvalue weighted by Crippen LogP contribution is -2.20. The summed E-state index contributed by atoms with van der Waals surface area (Å²) in [7, 11) is -8.85. The first-order valence-corrected chi connectivity index (χ1v) is 11.3. The van der Waals surface area contributed by atoms with Gasteiger partial charge in [0.1, 0.15) is 0 Å². The van der Waals surface area contributed by atoms with Crippen molar-refractivity contribution in [3.8, 4) is 0 Å². The summed E-state index contributed by atoms with van der Waals surface area (Å²) in [6.45, 7) is 0. The molecule has 2 aromatic carbocycles. The third-order valence-corrected chi connectivity index (χ3v) is 10.3. The largest absolute Gasteiger partial charge is 0.356 e. The van der Waals surface area contributed by atoms with Crippen molar-refractivity contribution in [1.82, 2.24) is 0 Å². The van der Waals surface area contributed by atoms with E-state index in [1.54, 1.807) is 54.6 Å². The van der Waals surface area contributed by atoms with Gasteiger partial charge >= 0.3 is 15.2 Å². The topological polar surface area (TPSA) is 93.1 Å². The minimum atomic E-state index is -4.43. The SMILES string of the molecule is O=P1(O)OC(c2ccccc2)OP(=O)(O)C1Sc1ccc(Cl)cc1. The molecule has 2 N–H and O–H groups in total. The van der Waals surface area contributed by atoms with Crippen LogP contribution in [-0.2, 0) is 18.2 Å². The van der Waals surface area contributed by atoms with Gasteiger partial charge < -0.3 is 9.79 Å². The summed E-state index contributed by atoms with van der Waals surface area (Å²) < 4.78 is 33.6. The smallest absolute Gasteiger partial charge is 0.323 e. The van der Waals surface area contributed by atoms with E-state index < -0.39 is 26.2 Å². The van der Waals surface area contributed by atoms with Crippen molar-refractivity contribution in [2.24, 2.45) is 0 Å². The Balaban J connectivity index is 1.88. The predicted molar refractivity (Wildman–Crippen MR) is 92.1 cm³/mol. The first kappa shape index (κ1) is 18.2. The Labute approximate surface area is 147 Å². The molecule has 1 aliphatic rings. The Kier molecular flexibility index (Phi) is 5.26. The monoisotopic (exact) mass is 406 g/mol. The number of hydrogen-bond acceptors (Lipinski definition) is 5. The predicted octanol–water partition coefficient (Wildman–Crippen LogP) is 4.83. The molecular weight excluding hydrogens is 394 g/mol. The van der Waals surface area contributed by atoms with Crippen molar-refractivity contribution in [2.75, 3.05) is 0 Å². The van der Waals surface area contributed by atoms with Crippen LogP contribution in [0, 0.1) is 0 Å². The summed E-state index contributed by atoms with van der Waals surface area (Å²) in [5.41, 5.74) is 0.385. The Morgan fingerprint density at radius 1 is 0.917 bits per heavy atom. The van der Waals surface area contributed by atoms with Crippen LogP contribution in [0.3, 0.4) is 0 Å². The van der Waals surface area contributed by atoms with E-state index in [1.807, 2.05) is 0 Å². The summed E-state index contributed by atoms with van der Waals surface area (Å²) in [5, 5.41) is 0.485. The first-order valence-electron chi connectivity index (χ1n) is 6.77. The fourth-order valence-corrected chi connectivity index (χ4v) is 7.79. The van der Waals surface area contributed by atoms with Gasteiger partial charge in [-0.05, 0) is 24.3 Å². The molecule has 1 heterocycles. The van der Waals surface area contributed by atoms with E-state index in [9.17, 15) is 18.9 Å². The zero-order chi connectivity index (χ0) is 17.4. The van der Waals surface area contributed by atoms with Gasteiger partial charge in [0.2, 0.25) is 11.0 Å². The van der Waals surface area contributed by atoms with Crippen molar-refractivity contribution >= 4 is 38.6 Å². The van der Waals surface area contributed by atoms with Gasteiger partial charge in [-0.25, -0.2) is 0 Å². The third kappa shape index (κ3) is 3.96. The Morgan fingerprint density at radius 2 is 1.46 bits per heavy atom. The van der Waals surface area contributed by atoms with Crippen LogP contribution in [0.1, 0.15) is 11.9 Å². The second-order valence-electron chi connectivity index (χ2n) is 4.98. The number of thioether (sulfide) groups is 1. The van der Waals surface area contributed by atoms with Crippen LogP contribution in [0.5, 0.6) is 0 Å². The van der Waals surface area contributed by atoms with Crippen LogP contribution in [-0.4, -0.2) is 14.5 Å². The highest BCUT2D eigenvalue weighted by Crippen LogP contribution is 2.76. The van der Waals surface area contributed by atoms with Crippen LogP contribution < -0.4 is 0 Å². The Hall–Kier alpha value is -0.620. The maximum Gasteiger partial charge on any atom is 0.356 e. The summed E-state index contributed by atoms with van der Waals surface area (Å²) >= 11 is 6.54. The Bertz CT molecular complexity index is 790. The molecule has 3 rings (SSSR count). The van der Waals surface area contributed by atoms with Crippen LogP contribution in [0.2, 0.25) is 5.02 Å². The summed E-state index contributed by atoms with van der Waals surface area (Å²) in [6.07, 6.45) is -1.38. The fraction of sp³-hybridized carbons (Fsp3) is 0.143. The lowest BCUT2D eigenvalue weighted by Gasteiger charge is -2.35. The minimum absolute atomic E-state index is 0.385. The maximum atomic E-state index is 12.5. The zero-order valence-electron chi connectivity index (χ0n) is 12.1.